The molecule has 0 N–H and O–H groups in total. The van der Waals surface area contributed by atoms with Crippen LogP contribution in [0.1, 0.15) is 47.9 Å². The van der Waals surface area contributed by atoms with Crippen molar-refractivity contribution in [3.63, 3.8) is 0 Å². The molecular weight excluding hydrogens is 366 g/mol. The van der Waals surface area contributed by atoms with Gasteiger partial charge in [-0.2, -0.15) is 0 Å². The zero-order chi connectivity index (χ0) is 20.4. The number of carbonyl (C=O) groups is 1. The molecule has 154 valence electrons. The lowest BCUT2D eigenvalue weighted by Gasteiger charge is -2.49. The zero-order valence-electron chi connectivity index (χ0n) is 17.4. The van der Waals surface area contributed by atoms with Gasteiger partial charge in [0, 0.05) is 24.0 Å². The van der Waals surface area contributed by atoms with Crippen molar-refractivity contribution < 1.29 is 14.3 Å². The van der Waals surface area contributed by atoms with Gasteiger partial charge in [-0.25, -0.2) is 9.97 Å². The summed E-state index contributed by atoms with van der Waals surface area (Å²) in [6, 6.07) is 10.2. The standard InChI is InChI=1S/C23H29N3O3/c1-4-28-21-8-6-5-7-20(21)22(27)26-13-17-9-10-19(26)12-18(17)14-29-23-24-15(2)11-16(3)25-23/h5-8,11,17-19H,4,9-10,12-14H2,1-3H3. The first-order valence-corrected chi connectivity index (χ1v) is 10.5. The molecule has 3 fully saturated rings. The van der Waals surface area contributed by atoms with Crippen LogP contribution in [0.25, 0.3) is 0 Å². The topological polar surface area (TPSA) is 64.5 Å². The monoisotopic (exact) mass is 395 g/mol. The highest BCUT2D eigenvalue weighted by molar-refractivity contribution is 5.97. The van der Waals surface area contributed by atoms with Gasteiger partial charge in [-0.05, 0) is 70.1 Å². The fourth-order valence-corrected chi connectivity index (χ4v) is 4.70. The van der Waals surface area contributed by atoms with Crippen LogP contribution in [0.5, 0.6) is 11.8 Å². The number of para-hydroxylation sites is 1. The number of nitrogens with zero attached hydrogens (tertiary/aromatic N) is 3. The summed E-state index contributed by atoms with van der Waals surface area (Å²) in [5.74, 6) is 1.65. The summed E-state index contributed by atoms with van der Waals surface area (Å²) >= 11 is 0. The van der Waals surface area contributed by atoms with E-state index in [0.717, 1.165) is 37.2 Å². The molecule has 3 aliphatic rings. The van der Waals surface area contributed by atoms with Crippen LogP contribution in [0.15, 0.2) is 30.3 Å². The van der Waals surface area contributed by atoms with Crippen molar-refractivity contribution >= 4 is 5.91 Å². The van der Waals surface area contributed by atoms with Crippen molar-refractivity contribution in [2.75, 3.05) is 19.8 Å². The molecule has 2 aliphatic heterocycles. The van der Waals surface area contributed by atoms with Crippen LogP contribution in [-0.4, -0.2) is 46.6 Å². The Morgan fingerprint density at radius 2 is 1.90 bits per heavy atom. The molecule has 6 nitrogen and oxygen atoms in total. The summed E-state index contributed by atoms with van der Waals surface area (Å²) in [6.45, 7) is 7.79. The van der Waals surface area contributed by atoms with E-state index < -0.39 is 0 Å². The van der Waals surface area contributed by atoms with Crippen molar-refractivity contribution in [1.29, 1.82) is 0 Å². The highest BCUT2D eigenvalue weighted by atomic mass is 16.5. The Morgan fingerprint density at radius 1 is 1.14 bits per heavy atom. The SMILES string of the molecule is CCOc1ccccc1C(=O)N1CC2CCC1CC2COc1nc(C)cc(C)n1. The lowest BCUT2D eigenvalue weighted by molar-refractivity contribution is -0.00549. The molecule has 1 aliphatic carbocycles. The van der Waals surface area contributed by atoms with E-state index in [4.69, 9.17) is 9.47 Å². The molecule has 1 aromatic carbocycles. The zero-order valence-corrected chi connectivity index (χ0v) is 17.4. The summed E-state index contributed by atoms with van der Waals surface area (Å²) < 4.78 is 11.6. The Morgan fingerprint density at radius 3 is 2.59 bits per heavy atom. The van der Waals surface area contributed by atoms with Crippen LogP contribution in [0.4, 0.5) is 0 Å². The van der Waals surface area contributed by atoms with Gasteiger partial charge in [0.25, 0.3) is 5.91 Å². The van der Waals surface area contributed by atoms with Gasteiger partial charge in [0.15, 0.2) is 0 Å². The molecule has 5 rings (SSSR count). The number of benzene rings is 1. The number of hydrogen-bond donors (Lipinski definition) is 0. The van der Waals surface area contributed by atoms with Crippen molar-refractivity contribution in [2.24, 2.45) is 11.8 Å². The van der Waals surface area contributed by atoms with Crippen molar-refractivity contribution in [3.8, 4) is 11.8 Å². The molecule has 2 saturated heterocycles. The number of carbonyl (C=O) groups excluding carboxylic acids is 1. The van der Waals surface area contributed by atoms with Gasteiger partial charge < -0.3 is 14.4 Å². The van der Waals surface area contributed by atoms with Crippen LogP contribution in [0.3, 0.4) is 0 Å². The maximum absolute atomic E-state index is 13.2. The average Bonchev–Trinajstić information content (AvgIpc) is 2.72. The van der Waals surface area contributed by atoms with E-state index in [1.807, 2.05) is 51.1 Å². The molecule has 2 bridgehead atoms. The van der Waals surface area contributed by atoms with E-state index in [1.54, 1.807) is 0 Å². The lowest BCUT2D eigenvalue weighted by Crippen LogP contribution is -2.55. The van der Waals surface area contributed by atoms with Crippen LogP contribution < -0.4 is 9.47 Å². The number of piperidine rings is 2. The molecule has 29 heavy (non-hydrogen) atoms. The Kier molecular flexibility index (Phi) is 5.69. The van der Waals surface area contributed by atoms with Crippen LogP contribution in [-0.2, 0) is 0 Å². The first-order valence-electron chi connectivity index (χ1n) is 10.5. The minimum Gasteiger partial charge on any atom is -0.493 e. The van der Waals surface area contributed by atoms with Gasteiger partial charge in [0.2, 0.25) is 0 Å². The fourth-order valence-electron chi connectivity index (χ4n) is 4.70. The van der Waals surface area contributed by atoms with Crippen molar-refractivity contribution in [1.82, 2.24) is 14.9 Å². The summed E-state index contributed by atoms with van der Waals surface area (Å²) in [5, 5.41) is 0. The van der Waals surface area contributed by atoms with Gasteiger partial charge in [-0.1, -0.05) is 12.1 Å². The number of hydrogen-bond acceptors (Lipinski definition) is 5. The average molecular weight is 396 g/mol. The van der Waals surface area contributed by atoms with E-state index in [0.29, 0.717) is 42.4 Å². The third-order valence-electron chi connectivity index (χ3n) is 6.05. The molecule has 6 heteroatoms. The summed E-state index contributed by atoms with van der Waals surface area (Å²) in [4.78, 5) is 24.0. The highest BCUT2D eigenvalue weighted by Gasteiger charge is 2.43. The van der Waals surface area contributed by atoms with Gasteiger partial charge >= 0.3 is 6.01 Å². The minimum atomic E-state index is 0.0840. The Hall–Kier alpha value is -2.63. The molecule has 1 saturated carbocycles. The van der Waals surface area contributed by atoms with E-state index >= 15 is 0 Å². The van der Waals surface area contributed by atoms with E-state index in [1.165, 1.54) is 0 Å². The molecule has 3 atom stereocenters. The summed E-state index contributed by atoms with van der Waals surface area (Å²) in [6.07, 6.45) is 3.17. The molecule has 0 radical (unpaired) electrons. The number of fused-ring (bicyclic) bond motifs is 3. The van der Waals surface area contributed by atoms with Crippen LogP contribution in [0.2, 0.25) is 0 Å². The second-order valence-corrected chi connectivity index (χ2v) is 8.12. The molecule has 0 spiro atoms. The Bertz CT molecular complexity index is 865. The van der Waals surface area contributed by atoms with Gasteiger partial charge in [-0.15, -0.1) is 0 Å². The maximum atomic E-state index is 13.2. The Balaban J connectivity index is 1.42. The smallest absolute Gasteiger partial charge is 0.316 e. The highest BCUT2D eigenvalue weighted by Crippen LogP contribution is 2.40. The minimum absolute atomic E-state index is 0.0840. The molecule has 1 amide bonds. The maximum Gasteiger partial charge on any atom is 0.316 e. The third kappa shape index (κ3) is 4.21. The quantitative estimate of drug-likeness (QED) is 0.744. The largest absolute Gasteiger partial charge is 0.493 e. The summed E-state index contributed by atoms with van der Waals surface area (Å²) in [7, 11) is 0. The first kappa shape index (κ1) is 19.7. The van der Waals surface area contributed by atoms with Crippen LogP contribution in [0, 0.1) is 25.7 Å². The molecular formula is C23H29N3O3. The van der Waals surface area contributed by atoms with Gasteiger partial charge in [0.1, 0.15) is 5.75 Å². The molecule has 1 aromatic heterocycles. The van der Waals surface area contributed by atoms with E-state index in [-0.39, 0.29) is 11.9 Å². The Labute approximate surface area is 172 Å². The molecule has 3 unspecified atom stereocenters. The lowest BCUT2D eigenvalue weighted by atomic mass is 9.72. The van der Waals surface area contributed by atoms with E-state index in [2.05, 4.69) is 14.9 Å². The number of amides is 1. The number of aromatic nitrogens is 2. The summed E-state index contributed by atoms with van der Waals surface area (Å²) in [5.41, 5.74) is 2.50. The molecule has 3 heterocycles. The number of aryl methyl sites for hydroxylation is 2. The number of ether oxygens (including phenoxy) is 2. The van der Waals surface area contributed by atoms with Gasteiger partial charge in [0.05, 0.1) is 18.8 Å². The first-order chi connectivity index (χ1) is 14.0. The predicted molar refractivity (Wildman–Crippen MR) is 110 cm³/mol. The second-order valence-electron chi connectivity index (χ2n) is 8.12. The second kappa shape index (κ2) is 8.39. The normalized spacial score (nSPS) is 23.1. The predicted octanol–water partition coefficient (Wildman–Crippen LogP) is 3.81. The van der Waals surface area contributed by atoms with Crippen molar-refractivity contribution in [3.05, 3.63) is 47.3 Å². The van der Waals surface area contributed by atoms with Gasteiger partial charge in [-0.3, -0.25) is 4.79 Å². The molecule has 2 aromatic rings. The van der Waals surface area contributed by atoms with E-state index in [9.17, 15) is 4.79 Å². The van der Waals surface area contributed by atoms with Crippen molar-refractivity contribution in [2.45, 2.75) is 46.1 Å². The fraction of sp³-hybridized carbons (Fsp3) is 0.522. The van der Waals surface area contributed by atoms with Crippen LogP contribution >= 0.6 is 0 Å². The number of rotatable bonds is 6. The third-order valence-corrected chi connectivity index (χ3v) is 6.05.